The van der Waals surface area contributed by atoms with Gasteiger partial charge < -0.3 is 9.64 Å². The summed E-state index contributed by atoms with van der Waals surface area (Å²) in [6, 6.07) is 24.3. The van der Waals surface area contributed by atoms with Crippen LogP contribution in [-0.4, -0.2) is 35.0 Å². The third-order valence-corrected chi connectivity index (χ3v) is 7.05. The van der Waals surface area contributed by atoms with E-state index in [2.05, 4.69) is 29.2 Å². The molecule has 2 heterocycles. The number of thiazole rings is 1. The largest absolute Gasteiger partial charge is 0.467 e. The van der Waals surface area contributed by atoms with Crippen molar-refractivity contribution in [2.45, 2.75) is 25.4 Å². The van der Waals surface area contributed by atoms with E-state index < -0.39 is 0 Å². The minimum Gasteiger partial charge on any atom is -0.467 e. The van der Waals surface area contributed by atoms with Crippen LogP contribution in [0.5, 0.6) is 5.19 Å². The summed E-state index contributed by atoms with van der Waals surface area (Å²) in [6.45, 7) is 1.41. The van der Waals surface area contributed by atoms with Gasteiger partial charge in [-0.3, -0.25) is 4.79 Å². The summed E-state index contributed by atoms with van der Waals surface area (Å²) in [5.74, 6) is 0.169. The van der Waals surface area contributed by atoms with Crippen molar-refractivity contribution in [2.24, 2.45) is 0 Å². The summed E-state index contributed by atoms with van der Waals surface area (Å²) in [5.41, 5.74) is 4.18. The van der Waals surface area contributed by atoms with E-state index in [1.807, 2.05) is 53.4 Å². The minimum atomic E-state index is 0.0727. The van der Waals surface area contributed by atoms with Gasteiger partial charge in [0, 0.05) is 25.9 Å². The number of ether oxygens (including phenoxy) is 1. The van der Waals surface area contributed by atoms with E-state index in [0.29, 0.717) is 29.7 Å². The van der Waals surface area contributed by atoms with Crippen molar-refractivity contribution in [3.8, 4) is 16.3 Å². The number of fused-ring (bicyclic) bond motifs is 1. The van der Waals surface area contributed by atoms with Crippen LogP contribution in [0.3, 0.4) is 0 Å². The first-order valence-electron chi connectivity index (χ1n) is 10.8. The number of rotatable bonds is 5. The van der Waals surface area contributed by atoms with E-state index in [1.54, 1.807) is 0 Å². The summed E-state index contributed by atoms with van der Waals surface area (Å²) in [7, 11) is 0. The van der Waals surface area contributed by atoms with E-state index in [1.165, 1.54) is 16.9 Å². The molecule has 1 aliphatic rings. The lowest BCUT2D eigenvalue weighted by atomic mass is 10.0. The number of benzene rings is 3. The second-order valence-corrected chi connectivity index (χ2v) is 9.40. The van der Waals surface area contributed by atoms with Crippen LogP contribution in [0.4, 0.5) is 0 Å². The fourth-order valence-corrected chi connectivity index (χ4v) is 5.22. The van der Waals surface area contributed by atoms with Crippen molar-refractivity contribution in [3.63, 3.8) is 0 Å². The van der Waals surface area contributed by atoms with E-state index in [0.717, 1.165) is 34.2 Å². The van der Waals surface area contributed by atoms with Crippen LogP contribution in [-0.2, 0) is 11.2 Å². The average molecular weight is 463 g/mol. The van der Waals surface area contributed by atoms with Crippen LogP contribution in [0.25, 0.3) is 21.3 Å². The molecule has 1 aliphatic heterocycles. The minimum absolute atomic E-state index is 0.0727. The van der Waals surface area contributed by atoms with Gasteiger partial charge in [-0.15, -0.1) is 0 Å². The molecule has 0 radical (unpaired) electrons. The molecule has 3 aromatic carbocycles. The number of nitrogens with zero attached hydrogens (tertiary/aromatic N) is 2. The Morgan fingerprint density at radius 3 is 2.41 bits per heavy atom. The second-order valence-electron chi connectivity index (χ2n) is 8.00. The van der Waals surface area contributed by atoms with E-state index in [4.69, 9.17) is 16.3 Å². The molecule has 0 atom stereocenters. The van der Waals surface area contributed by atoms with Gasteiger partial charge in [0.2, 0.25) is 5.91 Å². The zero-order chi connectivity index (χ0) is 21.9. The molecule has 1 aromatic heterocycles. The van der Waals surface area contributed by atoms with E-state index >= 15 is 0 Å². The Bertz CT molecular complexity index is 1220. The number of aromatic nitrogens is 1. The van der Waals surface area contributed by atoms with E-state index in [9.17, 15) is 4.79 Å². The molecular formula is C26H23ClN2O2S. The molecule has 32 heavy (non-hydrogen) atoms. The monoisotopic (exact) mass is 462 g/mol. The number of hydrogen-bond acceptors (Lipinski definition) is 4. The molecular weight excluding hydrogens is 440 g/mol. The van der Waals surface area contributed by atoms with Gasteiger partial charge in [-0.05, 0) is 28.8 Å². The fourth-order valence-electron chi connectivity index (χ4n) is 4.04. The van der Waals surface area contributed by atoms with Gasteiger partial charge in [0.25, 0.3) is 5.19 Å². The van der Waals surface area contributed by atoms with Crippen molar-refractivity contribution in [2.75, 3.05) is 13.1 Å². The highest BCUT2D eigenvalue weighted by molar-refractivity contribution is 7.20. The lowest BCUT2D eigenvalue weighted by Gasteiger charge is -2.31. The first-order chi connectivity index (χ1) is 15.7. The maximum Gasteiger partial charge on any atom is 0.274 e. The molecule has 162 valence electrons. The summed E-state index contributed by atoms with van der Waals surface area (Å²) in [6.07, 6.45) is 2.12. The molecule has 0 saturated carbocycles. The van der Waals surface area contributed by atoms with Crippen LogP contribution >= 0.6 is 22.9 Å². The molecule has 4 aromatic rings. The number of carbonyl (C=O) groups excluding carboxylic acids is 1. The quantitative estimate of drug-likeness (QED) is 0.353. The standard InChI is InChI=1S/C26H23ClN2O2S/c27-22-7-4-8-23-25(22)28-26(32-23)31-21-13-15-29(16-14-21)24(30)17-18-9-11-20(12-10-18)19-5-2-1-3-6-19/h1-12,21H,13-17H2. The normalized spacial score (nSPS) is 14.6. The maximum atomic E-state index is 12.8. The second kappa shape index (κ2) is 9.31. The number of para-hydroxylation sites is 1. The summed E-state index contributed by atoms with van der Waals surface area (Å²) < 4.78 is 7.13. The summed E-state index contributed by atoms with van der Waals surface area (Å²) in [4.78, 5) is 19.3. The van der Waals surface area contributed by atoms with Gasteiger partial charge in [-0.25, -0.2) is 4.98 Å². The third-order valence-electron chi connectivity index (χ3n) is 5.83. The van der Waals surface area contributed by atoms with Crippen LogP contribution in [0.2, 0.25) is 5.02 Å². The summed E-state index contributed by atoms with van der Waals surface area (Å²) >= 11 is 7.73. The van der Waals surface area contributed by atoms with Crippen LogP contribution < -0.4 is 4.74 Å². The predicted octanol–water partition coefficient (Wildman–Crippen LogP) is 6.23. The zero-order valence-corrected chi connectivity index (χ0v) is 19.1. The van der Waals surface area contributed by atoms with Gasteiger partial charge in [0.05, 0.1) is 16.1 Å². The lowest BCUT2D eigenvalue weighted by Crippen LogP contribution is -2.42. The van der Waals surface area contributed by atoms with Crippen molar-refractivity contribution in [3.05, 3.63) is 83.4 Å². The fraction of sp³-hybridized carbons (Fsp3) is 0.231. The molecule has 0 aliphatic carbocycles. The smallest absolute Gasteiger partial charge is 0.274 e. The molecule has 6 heteroatoms. The van der Waals surface area contributed by atoms with Crippen molar-refractivity contribution in [1.82, 2.24) is 9.88 Å². The van der Waals surface area contributed by atoms with Crippen LogP contribution in [0.15, 0.2) is 72.8 Å². The molecule has 0 unspecified atom stereocenters. The van der Waals surface area contributed by atoms with Gasteiger partial charge >= 0.3 is 0 Å². The van der Waals surface area contributed by atoms with Crippen molar-refractivity contribution >= 4 is 39.1 Å². The Morgan fingerprint density at radius 1 is 0.969 bits per heavy atom. The number of halogens is 1. The van der Waals surface area contributed by atoms with Gasteiger partial charge in [0.1, 0.15) is 11.6 Å². The van der Waals surface area contributed by atoms with Gasteiger partial charge in [0.15, 0.2) is 0 Å². The average Bonchev–Trinajstić information content (AvgIpc) is 3.24. The molecule has 0 bridgehead atoms. The molecule has 5 rings (SSSR count). The molecule has 1 fully saturated rings. The maximum absolute atomic E-state index is 12.8. The first kappa shape index (κ1) is 21.0. The van der Waals surface area contributed by atoms with Gasteiger partial charge in [-0.1, -0.05) is 83.6 Å². The highest BCUT2D eigenvalue weighted by Gasteiger charge is 2.25. The Balaban J connectivity index is 1.14. The topological polar surface area (TPSA) is 42.4 Å². The predicted molar refractivity (Wildman–Crippen MR) is 130 cm³/mol. The highest BCUT2D eigenvalue weighted by atomic mass is 35.5. The molecule has 1 amide bonds. The molecule has 0 N–H and O–H groups in total. The lowest BCUT2D eigenvalue weighted by molar-refractivity contribution is -0.132. The van der Waals surface area contributed by atoms with Gasteiger partial charge in [-0.2, -0.15) is 0 Å². The number of amides is 1. The van der Waals surface area contributed by atoms with E-state index in [-0.39, 0.29) is 12.0 Å². The number of hydrogen-bond donors (Lipinski definition) is 0. The molecule has 1 saturated heterocycles. The Hall–Kier alpha value is -2.89. The zero-order valence-electron chi connectivity index (χ0n) is 17.5. The molecule has 4 nitrogen and oxygen atoms in total. The number of carbonyl (C=O) groups is 1. The van der Waals surface area contributed by atoms with Crippen molar-refractivity contribution in [1.29, 1.82) is 0 Å². The number of likely N-dealkylation sites (tertiary alicyclic amines) is 1. The SMILES string of the molecule is O=C(Cc1ccc(-c2ccccc2)cc1)N1CCC(Oc2nc3c(Cl)cccc3s2)CC1. The molecule has 0 spiro atoms. The van der Waals surface area contributed by atoms with Crippen LogP contribution in [0.1, 0.15) is 18.4 Å². The highest BCUT2D eigenvalue weighted by Crippen LogP contribution is 2.33. The third kappa shape index (κ3) is 4.64. The first-order valence-corrected chi connectivity index (χ1v) is 12.0. The Morgan fingerprint density at radius 2 is 1.69 bits per heavy atom. The van der Waals surface area contributed by atoms with Crippen molar-refractivity contribution < 1.29 is 9.53 Å². The Labute approximate surface area is 196 Å². The number of piperidine rings is 1. The Kier molecular flexibility index (Phi) is 6.10. The summed E-state index contributed by atoms with van der Waals surface area (Å²) in [5, 5.41) is 1.29. The van der Waals surface area contributed by atoms with Crippen LogP contribution in [0, 0.1) is 0 Å².